The first-order chi connectivity index (χ1) is 8.40. The highest BCUT2D eigenvalue weighted by atomic mass is 32.2. The molecule has 0 radical (unpaired) electrons. The topological polar surface area (TPSA) is 92.7 Å². The second-order valence-corrected chi connectivity index (χ2v) is 5.89. The summed E-state index contributed by atoms with van der Waals surface area (Å²) in [6, 6.07) is 3.11. The van der Waals surface area contributed by atoms with Gasteiger partial charge in [0.1, 0.15) is 0 Å². The Hall–Kier alpha value is -1.83. The highest BCUT2D eigenvalue weighted by Gasteiger charge is 2.19. The van der Waals surface area contributed by atoms with Crippen LogP contribution in [-0.4, -0.2) is 28.4 Å². The van der Waals surface area contributed by atoms with Gasteiger partial charge in [-0.3, -0.25) is 14.5 Å². The molecular formula is C10H15N5O2S. The van der Waals surface area contributed by atoms with Gasteiger partial charge in [-0.05, 0) is 12.0 Å². The number of aromatic nitrogens is 4. The van der Waals surface area contributed by atoms with Crippen LogP contribution in [0.25, 0.3) is 0 Å². The maximum absolute atomic E-state index is 12.0. The molecule has 0 aliphatic carbocycles. The van der Waals surface area contributed by atoms with Crippen LogP contribution in [0.4, 0.5) is 5.82 Å². The lowest BCUT2D eigenvalue weighted by molar-refractivity contribution is 0.582. The van der Waals surface area contributed by atoms with Crippen LogP contribution < -0.4 is 4.72 Å². The van der Waals surface area contributed by atoms with E-state index in [0.29, 0.717) is 0 Å². The number of hydrogen-bond donors (Lipinski definition) is 2. The van der Waals surface area contributed by atoms with E-state index in [1.807, 2.05) is 13.8 Å². The molecule has 18 heavy (non-hydrogen) atoms. The number of nitrogens with zero attached hydrogens (tertiary/aromatic N) is 3. The second kappa shape index (κ2) is 4.45. The van der Waals surface area contributed by atoms with Gasteiger partial charge in [-0.25, -0.2) is 0 Å². The van der Waals surface area contributed by atoms with Crippen molar-refractivity contribution in [2.24, 2.45) is 7.05 Å². The predicted octanol–water partition coefficient (Wildman–Crippen LogP) is 1.07. The Labute approximate surface area is 105 Å². The van der Waals surface area contributed by atoms with Gasteiger partial charge in [0.25, 0.3) is 10.0 Å². The summed E-state index contributed by atoms with van der Waals surface area (Å²) >= 11 is 0. The van der Waals surface area contributed by atoms with Crippen LogP contribution in [0.3, 0.4) is 0 Å². The van der Waals surface area contributed by atoms with Crippen molar-refractivity contribution >= 4 is 15.8 Å². The number of hydrogen-bond acceptors (Lipinski definition) is 4. The molecule has 0 aliphatic heterocycles. The zero-order chi connectivity index (χ0) is 13.3. The van der Waals surface area contributed by atoms with Gasteiger partial charge in [0.05, 0.1) is 6.20 Å². The number of sulfonamides is 1. The lowest BCUT2D eigenvalue weighted by atomic mass is 10.1. The summed E-state index contributed by atoms with van der Waals surface area (Å²) in [4.78, 5) is 0. The maximum Gasteiger partial charge on any atom is 0.280 e. The standard InChI is InChI=1S/C10H15N5O2S/c1-7(2)8-6-9(13-12-8)14-18(16,17)10-4-5-11-15(10)3/h4-7H,1-3H3,(H2,12,13,14). The van der Waals surface area contributed by atoms with Crippen LogP contribution in [0.15, 0.2) is 23.4 Å². The van der Waals surface area contributed by atoms with Crippen molar-refractivity contribution in [2.45, 2.75) is 24.8 Å². The third-order valence-electron chi connectivity index (χ3n) is 2.51. The zero-order valence-corrected chi connectivity index (χ0v) is 11.2. The molecule has 0 saturated carbocycles. The molecule has 2 aromatic heterocycles. The summed E-state index contributed by atoms with van der Waals surface area (Å²) in [7, 11) is -2.08. The fourth-order valence-corrected chi connectivity index (χ4v) is 2.62. The van der Waals surface area contributed by atoms with E-state index in [1.165, 1.54) is 16.9 Å². The molecule has 0 spiro atoms. The van der Waals surface area contributed by atoms with Gasteiger partial charge in [-0.1, -0.05) is 13.8 Å². The van der Waals surface area contributed by atoms with E-state index in [4.69, 9.17) is 0 Å². The minimum Gasteiger partial charge on any atom is -0.280 e. The van der Waals surface area contributed by atoms with Gasteiger partial charge in [0.15, 0.2) is 10.8 Å². The van der Waals surface area contributed by atoms with Gasteiger partial charge in [0, 0.05) is 18.8 Å². The first-order valence-corrected chi connectivity index (χ1v) is 6.94. The number of rotatable bonds is 4. The Morgan fingerprint density at radius 2 is 2.17 bits per heavy atom. The molecule has 7 nitrogen and oxygen atoms in total. The van der Waals surface area contributed by atoms with E-state index in [0.717, 1.165) is 5.69 Å². The van der Waals surface area contributed by atoms with Crippen LogP contribution in [0, 0.1) is 0 Å². The fraction of sp³-hybridized carbons (Fsp3) is 0.400. The summed E-state index contributed by atoms with van der Waals surface area (Å²) in [6.45, 7) is 3.99. The van der Waals surface area contributed by atoms with Crippen molar-refractivity contribution in [2.75, 3.05) is 4.72 Å². The van der Waals surface area contributed by atoms with Crippen molar-refractivity contribution in [1.82, 2.24) is 20.0 Å². The molecule has 0 amide bonds. The first kappa shape index (κ1) is 12.6. The van der Waals surface area contributed by atoms with Gasteiger partial charge >= 0.3 is 0 Å². The molecule has 0 fully saturated rings. The molecule has 0 bridgehead atoms. The van der Waals surface area contributed by atoms with Crippen molar-refractivity contribution in [3.8, 4) is 0 Å². The summed E-state index contributed by atoms with van der Waals surface area (Å²) in [6.07, 6.45) is 1.43. The minimum atomic E-state index is -3.65. The molecule has 0 unspecified atom stereocenters. The van der Waals surface area contributed by atoms with E-state index < -0.39 is 10.0 Å². The SMILES string of the molecule is CC(C)c1cc(NS(=O)(=O)c2ccnn2C)n[nH]1. The Balaban J connectivity index is 2.25. The largest absolute Gasteiger partial charge is 0.280 e. The smallest absolute Gasteiger partial charge is 0.280 e. The van der Waals surface area contributed by atoms with E-state index in [-0.39, 0.29) is 16.8 Å². The van der Waals surface area contributed by atoms with Crippen LogP contribution in [0.2, 0.25) is 0 Å². The first-order valence-electron chi connectivity index (χ1n) is 5.46. The number of nitrogens with one attached hydrogen (secondary N) is 2. The molecule has 0 saturated heterocycles. The Kier molecular flexibility index (Phi) is 3.12. The summed E-state index contributed by atoms with van der Waals surface area (Å²) < 4.78 is 27.8. The number of aryl methyl sites for hydroxylation is 1. The van der Waals surface area contributed by atoms with Gasteiger partial charge in [0.2, 0.25) is 0 Å². The third kappa shape index (κ3) is 2.37. The normalized spacial score (nSPS) is 12.0. The molecule has 2 heterocycles. The Morgan fingerprint density at radius 3 is 2.67 bits per heavy atom. The van der Waals surface area contributed by atoms with E-state index >= 15 is 0 Å². The quantitative estimate of drug-likeness (QED) is 0.868. The average Bonchev–Trinajstić information content (AvgIpc) is 2.86. The van der Waals surface area contributed by atoms with Crippen LogP contribution in [0.5, 0.6) is 0 Å². The second-order valence-electron chi connectivity index (χ2n) is 4.26. The van der Waals surface area contributed by atoms with E-state index in [1.54, 1.807) is 13.1 Å². The number of H-pyrrole nitrogens is 1. The van der Waals surface area contributed by atoms with Gasteiger partial charge < -0.3 is 0 Å². The van der Waals surface area contributed by atoms with Crippen LogP contribution in [-0.2, 0) is 17.1 Å². The molecule has 98 valence electrons. The highest BCUT2D eigenvalue weighted by Crippen LogP contribution is 2.17. The minimum absolute atomic E-state index is 0.0941. The number of aromatic amines is 1. The Bertz CT molecular complexity index is 641. The molecule has 2 aromatic rings. The fourth-order valence-electron chi connectivity index (χ4n) is 1.50. The maximum atomic E-state index is 12.0. The molecule has 8 heteroatoms. The Morgan fingerprint density at radius 1 is 1.44 bits per heavy atom. The van der Waals surface area contributed by atoms with E-state index in [2.05, 4.69) is 20.0 Å². The monoisotopic (exact) mass is 269 g/mol. The molecular weight excluding hydrogens is 254 g/mol. The summed E-state index contributed by atoms with van der Waals surface area (Å²) in [5.41, 5.74) is 0.873. The van der Waals surface area contributed by atoms with E-state index in [9.17, 15) is 8.42 Å². The molecule has 2 rings (SSSR count). The van der Waals surface area contributed by atoms with Crippen molar-refractivity contribution in [1.29, 1.82) is 0 Å². The van der Waals surface area contributed by atoms with Crippen molar-refractivity contribution in [3.05, 3.63) is 24.0 Å². The summed E-state index contributed by atoms with van der Waals surface area (Å²) in [5.74, 6) is 0.535. The summed E-state index contributed by atoms with van der Waals surface area (Å²) in [5, 5.41) is 10.6. The van der Waals surface area contributed by atoms with Crippen LogP contribution >= 0.6 is 0 Å². The molecule has 2 N–H and O–H groups in total. The molecule has 0 atom stereocenters. The lowest BCUT2D eigenvalue weighted by Gasteiger charge is -2.04. The predicted molar refractivity (Wildman–Crippen MR) is 66.7 cm³/mol. The number of anilines is 1. The van der Waals surface area contributed by atoms with Crippen molar-refractivity contribution in [3.63, 3.8) is 0 Å². The molecule has 0 aromatic carbocycles. The molecule has 0 aliphatic rings. The third-order valence-corrected chi connectivity index (χ3v) is 3.94. The zero-order valence-electron chi connectivity index (χ0n) is 10.4. The average molecular weight is 269 g/mol. The van der Waals surface area contributed by atoms with Crippen molar-refractivity contribution < 1.29 is 8.42 Å². The van der Waals surface area contributed by atoms with Gasteiger partial charge in [-0.2, -0.15) is 18.6 Å². The lowest BCUT2D eigenvalue weighted by Crippen LogP contribution is -2.16. The van der Waals surface area contributed by atoms with Gasteiger partial charge in [-0.15, -0.1) is 0 Å². The van der Waals surface area contributed by atoms with Crippen LogP contribution in [0.1, 0.15) is 25.5 Å². The highest BCUT2D eigenvalue weighted by molar-refractivity contribution is 7.92.